The predicted molar refractivity (Wildman–Crippen MR) is 76.3 cm³/mol. The normalized spacial score (nSPS) is 23.4. The van der Waals surface area contributed by atoms with Gasteiger partial charge in [-0.25, -0.2) is 0 Å². The lowest BCUT2D eigenvalue weighted by Gasteiger charge is -2.29. The van der Waals surface area contributed by atoms with E-state index in [2.05, 4.69) is 37.6 Å². The third kappa shape index (κ3) is 5.69. The fourth-order valence-electron chi connectivity index (χ4n) is 2.69. The van der Waals surface area contributed by atoms with Crippen molar-refractivity contribution in [3.05, 3.63) is 12.7 Å². The van der Waals surface area contributed by atoms with Gasteiger partial charge in [-0.2, -0.15) is 0 Å². The van der Waals surface area contributed by atoms with Crippen LogP contribution in [0.15, 0.2) is 12.7 Å². The van der Waals surface area contributed by atoms with Crippen LogP contribution in [0.3, 0.4) is 0 Å². The molecule has 2 heteroatoms. The number of hydrogen-bond donors (Lipinski definition) is 1. The molecule has 1 unspecified atom stereocenters. The summed E-state index contributed by atoms with van der Waals surface area (Å²) in [5.41, 5.74) is 0.483. The van der Waals surface area contributed by atoms with Crippen LogP contribution in [0.5, 0.6) is 0 Å². The molecule has 0 radical (unpaired) electrons. The van der Waals surface area contributed by atoms with Crippen molar-refractivity contribution in [3.63, 3.8) is 0 Å². The molecular formula is C15H30N2. The summed E-state index contributed by atoms with van der Waals surface area (Å²) in [6.45, 7) is 16.6. The lowest BCUT2D eigenvalue weighted by molar-refractivity contribution is 0.208. The number of hydrogen-bond acceptors (Lipinski definition) is 2. The van der Waals surface area contributed by atoms with Gasteiger partial charge in [-0.05, 0) is 43.7 Å². The third-order valence-electron chi connectivity index (χ3n) is 3.94. The van der Waals surface area contributed by atoms with Gasteiger partial charge >= 0.3 is 0 Å². The summed E-state index contributed by atoms with van der Waals surface area (Å²) < 4.78 is 0. The fraction of sp³-hybridized carbons (Fsp3) is 0.867. The molecule has 0 aromatic carbocycles. The van der Waals surface area contributed by atoms with Crippen molar-refractivity contribution in [2.75, 3.05) is 32.7 Å². The molecule has 2 nitrogen and oxygen atoms in total. The van der Waals surface area contributed by atoms with Gasteiger partial charge in [-0.3, -0.25) is 0 Å². The van der Waals surface area contributed by atoms with Crippen molar-refractivity contribution in [1.82, 2.24) is 10.2 Å². The zero-order valence-electron chi connectivity index (χ0n) is 12.0. The molecule has 1 aliphatic heterocycles. The Balaban J connectivity index is 2.25. The molecule has 0 aliphatic carbocycles. The molecule has 0 bridgehead atoms. The molecule has 17 heavy (non-hydrogen) atoms. The van der Waals surface area contributed by atoms with Gasteiger partial charge in [0.2, 0.25) is 0 Å². The Labute approximate surface area is 107 Å². The van der Waals surface area contributed by atoms with Crippen LogP contribution in [0.25, 0.3) is 0 Å². The minimum atomic E-state index is 0.483. The molecule has 1 N–H and O–H groups in total. The quantitative estimate of drug-likeness (QED) is 0.585. The summed E-state index contributed by atoms with van der Waals surface area (Å²) in [5, 5.41) is 3.38. The van der Waals surface area contributed by atoms with Gasteiger partial charge in [0.05, 0.1) is 0 Å². The lowest BCUT2D eigenvalue weighted by Crippen LogP contribution is -2.33. The van der Waals surface area contributed by atoms with Crippen molar-refractivity contribution in [2.24, 2.45) is 11.3 Å². The second-order valence-corrected chi connectivity index (χ2v) is 6.33. The van der Waals surface area contributed by atoms with Gasteiger partial charge < -0.3 is 10.2 Å². The summed E-state index contributed by atoms with van der Waals surface area (Å²) >= 11 is 0. The van der Waals surface area contributed by atoms with Crippen LogP contribution in [-0.4, -0.2) is 37.6 Å². The lowest BCUT2D eigenvalue weighted by atomic mass is 9.77. The van der Waals surface area contributed by atoms with E-state index >= 15 is 0 Å². The second-order valence-electron chi connectivity index (χ2n) is 6.33. The average Bonchev–Trinajstić information content (AvgIpc) is 2.49. The highest BCUT2D eigenvalue weighted by Crippen LogP contribution is 2.34. The average molecular weight is 238 g/mol. The van der Waals surface area contributed by atoms with Crippen LogP contribution in [0.1, 0.15) is 40.0 Å². The van der Waals surface area contributed by atoms with E-state index in [1.165, 1.54) is 38.9 Å². The van der Waals surface area contributed by atoms with Crippen LogP contribution in [0.2, 0.25) is 0 Å². The molecule has 1 rings (SSSR count). The minimum absolute atomic E-state index is 0.483. The Morgan fingerprint density at radius 1 is 1.29 bits per heavy atom. The van der Waals surface area contributed by atoms with Gasteiger partial charge in [0.15, 0.2) is 0 Å². The van der Waals surface area contributed by atoms with E-state index in [0.29, 0.717) is 5.41 Å². The molecule has 0 aromatic heterocycles. The van der Waals surface area contributed by atoms with E-state index < -0.39 is 0 Å². The first kappa shape index (κ1) is 14.7. The Kier molecular flexibility index (Phi) is 6.21. The van der Waals surface area contributed by atoms with Gasteiger partial charge in [0.25, 0.3) is 0 Å². The maximum absolute atomic E-state index is 3.72. The van der Waals surface area contributed by atoms with Crippen LogP contribution < -0.4 is 5.32 Å². The smallest absolute Gasteiger partial charge is 0.0132 e. The van der Waals surface area contributed by atoms with Gasteiger partial charge in [0.1, 0.15) is 0 Å². The maximum atomic E-state index is 3.72. The molecule has 1 saturated heterocycles. The zero-order chi connectivity index (χ0) is 12.7. The van der Waals surface area contributed by atoms with Crippen molar-refractivity contribution in [2.45, 2.75) is 40.0 Å². The third-order valence-corrected chi connectivity index (χ3v) is 3.94. The highest BCUT2D eigenvalue weighted by atomic mass is 15.1. The molecule has 0 saturated carbocycles. The van der Waals surface area contributed by atoms with Gasteiger partial charge in [-0.15, -0.1) is 6.58 Å². The zero-order valence-corrected chi connectivity index (χ0v) is 12.0. The SMILES string of the molecule is C=CCNCCN1CCCC(C(C)(C)C)CC1. The number of rotatable bonds is 5. The molecule has 1 aliphatic rings. The summed E-state index contributed by atoms with van der Waals surface area (Å²) in [4.78, 5) is 2.61. The molecular weight excluding hydrogens is 208 g/mol. The Morgan fingerprint density at radius 3 is 2.71 bits per heavy atom. The number of likely N-dealkylation sites (tertiary alicyclic amines) is 1. The van der Waals surface area contributed by atoms with Crippen molar-refractivity contribution < 1.29 is 0 Å². The van der Waals surface area contributed by atoms with Gasteiger partial charge in [-0.1, -0.05) is 26.8 Å². The Bertz CT molecular complexity index is 217. The highest BCUT2D eigenvalue weighted by molar-refractivity contribution is 4.79. The first-order valence-corrected chi connectivity index (χ1v) is 7.08. The maximum Gasteiger partial charge on any atom is 0.0132 e. The molecule has 0 aromatic rings. The highest BCUT2D eigenvalue weighted by Gasteiger charge is 2.26. The van der Waals surface area contributed by atoms with E-state index in [1.807, 2.05) is 6.08 Å². The standard InChI is InChI=1S/C15H30N2/c1-5-9-16-10-13-17-11-6-7-14(8-12-17)15(2,3)4/h5,14,16H,1,6-13H2,2-4H3. The first-order valence-electron chi connectivity index (χ1n) is 7.08. The summed E-state index contributed by atoms with van der Waals surface area (Å²) in [6.07, 6.45) is 6.06. The number of nitrogens with zero attached hydrogens (tertiary/aromatic N) is 1. The molecule has 100 valence electrons. The first-order chi connectivity index (χ1) is 8.04. The summed E-state index contributed by atoms with van der Waals surface area (Å²) in [6, 6.07) is 0. The number of nitrogens with one attached hydrogen (secondary N) is 1. The van der Waals surface area contributed by atoms with Crippen molar-refractivity contribution in [3.8, 4) is 0 Å². The predicted octanol–water partition coefficient (Wildman–Crippen LogP) is 2.91. The second kappa shape index (κ2) is 7.17. The Hall–Kier alpha value is -0.340. The molecule has 1 fully saturated rings. The van der Waals surface area contributed by atoms with E-state index in [9.17, 15) is 0 Å². The summed E-state index contributed by atoms with van der Waals surface area (Å²) in [7, 11) is 0. The molecule has 1 heterocycles. The van der Waals surface area contributed by atoms with Crippen molar-refractivity contribution in [1.29, 1.82) is 0 Å². The topological polar surface area (TPSA) is 15.3 Å². The van der Waals surface area contributed by atoms with Crippen LogP contribution in [-0.2, 0) is 0 Å². The van der Waals surface area contributed by atoms with E-state index in [-0.39, 0.29) is 0 Å². The van der Waals surface area contributed by atoms with Crippen LogP contribution in [0.4, 0.5) is 0 Å². The van der Waals surface area contributed by atoms with Crippen LogP contribution >= 0.6 is 0 Å². The monoisotopic (exact) mass is 238 g/mol. The largest absolute Gasteiger partial charge is 0.312 e. The molecule has 1 atom stereocenters. The van der Waals surface area contributed by atoms with E-state index in [0.717, 1.165) is 19.0 Å². The van der Waals surface area contributed by atoms with E-state index in [4.69, 9.17) is 0 Å². The van der Waals surface area contributed by atoms with Gasteiger partial charge in [0, 0.05) is 19.6 Å². The fourth-order valence-corrected chi connectivity index (χ4v) is 2.69. The van der Waals surface area contributed by atoms with E-state index in [1.54, 1.807) is 0 Å². The minimum Gasteiger partial charge on any atom is -0.312 e. The summed E-state index contributed by atoms with van der Waals surface area (Å²) in [5.74, 6) is 0.897. The molecule has 0 amide bonds. The van der Waals surface area contributed by atoms with Crippen LogP contribution in [0, 0.1) is 11.3 Å². The molecule has 0 spiro atoms. The Morgan fingerprint density at radius 2 is 2.06 bits per heavy atom. The van der Waals surface area contributed by atoms with Crippen molar-refractivity contribution >= 4 is 0 Å².